The van der Waals surface area contributed by atoms with Crippen molar-refractivity contribution in [3.63, 3.8) is 0 Å². The lowest BCUT2D eigenvalue weighted by atomic mass is 10.2. The zero-order valence-electron chi connectivity index (χ0n) is 8.82. The summed E-state index contributed by atoms with van der Waals surface area (Å²) in [5, 5.41) is -0.0308. The highest BCUT2D eigenvalue weighted by Gasteiger charge is 2.22. The standard InChI is InChI=1S/C11H14FNO2S/c12-10-6-8(3-4-11(10)13)16(14)9-2-1-5-15-7-9/h3-4,6,9H,1-2,5,7,13H2. The van der Waals surface area contributed by atoms with Gasteiger partial charge in [0.25, 0.3) is 0 Å². The molecule has 1 fully saturated rings. The van der Waals surface area contributed by atoms with Crippen molar-refractivity contribution in [1.29, 1.82) is 0 Å². The largest absolute Gasteiger partial charge is 0.396 e. The fourth-order valence-electron chi connectivity index (χ4n) is 1.71. The van der Waals surface area contributed by atoms with Gasteiger partial charge in [0.15, 0.2) is 0 Å². The quantitative estimate of drug-likeness (QED) is 0.804. The molecule has 1 aromatic carbocycles. The van der Waals surface area contributed by atoms with Crippen LogP contribution in [0.25, 0.3) is 0 Å². The van der Waals surface area contributed by atoms with Crippen LogP contribution in [0.3, 0.4) is 0 Å². The van der Waals surface area contributed by atoms with Crippen LogP contribution < -0.4 is 5.73 Å². The van der Waals surface area contributed by atoms with Gasteiger partial charge in [0, 0.05) is 11.5 Å². The van der Waals surface area contributed by atoms with Crippen molar-refractivity contribution in [1.82, 2.24) is 0 Å². The normalized spacial score (nSPS) is 22.9. The maximum absolute atomic E-state index is 13.2. The van der Waals surface area contributed by atoms with Gasteiger partial charge in [-0.3, -0.25) is 4.21 Å². The van der Waals surface area contributed by atoms with Crippen molar-refractivity contribution in [3.05, 3.63) is 24.0 Å². The van der Waals surface area contributed by atoms with Gasteiger partial charge in [0.2, 0.25) is 0 Å². The Kier molecular flexibility index (Phi) is 3.56. The first-order chi connectivity index (χ1) is 7.68. The maximum Gasteiger partial charge on any atom is 0.147 e. The fourth-order valence-corrected chi connectivity index (χ4v) is 3.11. The van der Waals surface area contributed by atoms with Crippen LogP contribution in [0.15, 0.2) is 23.1 Å². The lowest BCUT2D eigenvalue weighted by Crippen LogP contribution is -2.27. The molecule has 3 nitrogen and oxygen atoms in total. The lowest BCUT2D eigenvalue weighted by molar-refractivity contribution is 0.100. The summed E-state index contributed by atoms with van der Waals surface area (Å²) in [6.07, 6.45) is 1.77. The molecule has 0 saturated carbocycles. The molecule has 1 aromatic rings. The number of hydrogen-bond acceptors (Lipinski definition) is 3. The van der Waals surface area contributed by atoms with Crippen LogP contribution in [-0.2, 0) is 15.5 Å². The first-order valence-electron chi connectivity index (χ1n) is 5.22. The molecule has 1 aliphatic rings. The molecule has 5 heteroatoms. The van der Waals surface area contributed by atoms with Crippen molar-refractivity contribution < 1.29 is 13.3 Å². The van der Waals surface area contributed by atoms with Crippen LogP contribution in [0.1, 0.15) is 12.8 Å². The molecular weight excluding hydrogens is 229 g/mol. The van der Waals surface area contributed by atoms with E-state index in [4.69, 9.17) is 10.5 Å². The Balaban J connectivity index is 2.16. The Labute approximate surface area is 96.2 Å². The summed E-state index contributed by atoms with van der Waals surface area (Å²) in [4.78, 5) is 0.488. The maximum atomic E-state index is 13.2. The van der Waals surface area contributed by atoms with E-state index in [0.717, 1.165) is 19.4 Å². The van der Waals surface area contributed by atoms with E-state index in [1.165, 1.54) is 12.1 Å². The number of benzene rings is 1. The summed E-state index contributed by atoms with van der Waals surface area (Å²) in [5.74, 6) is -0.512. The van der Waals surface area contributed by atoms with Crippen LogP contribution in [0.5, 0.6) is 0 Å². The Bertz CT molecular complexity index is 405. The van der Waals surface area contributed by atoms with Gasteiger partial charge in [0.1, 0.15) is 5.82 Å². The summed E-state index contributed by atoms with van der Waals surface area (Å²) in [6.45, 7) is 1.21. The minimum atomic E-state index is -1.21. The van der Waals surface area contributed by atoms with E-state index < -0.39 is 16.6 Å². The zero-order chi connectivity index (χ0) is 11.5. The number of nitrogens with two attached hydrogens (primary N) is 1. The van der Waals surface area contributed by atoms with E-state index in [9.17, 15) is 8.60 Å². The molecule has 2 rings (SSSR count). The first-order valence-corrected chi connectivity index (χ1v) is 6.43. The van der Waals surface area contributed by atoms with Gasteiger partial charge in [0.05, 0.1) is 28.3 Å². The summed E-state index contributed by atoms with van der Waals surface area (Å²) in [5.41, 5.74) is 5.45. The van der Waals surface area contributed by atoms with E-state index in [1.54, 1.807) is 6.07 Å². The van der Waals surface area contributed by atoms with Gasteiger partial charge in [-0.05, 0) is 31.0 Å². The van der Waals surface area contributed by atoms with Crippen LogP contribution >= 0.6 is 0 Å². The fraction of sp³-hybridized carbons (Fsp3) is 0.455. The lowest BCUT2D eigenvalue weighted by Gasteiger charge is -2.21. The van der Waals surface area contributed by atoms with Gasteiger partial charge in [-0.25, -0.2) is 4.39 Å². The molecule has 0 aromatic heterocycles. The van der Waals surface area contributed by atoms with E-state index >= 15 is 0 Å². The number of ether oxygens (including phenoxy) is 1. The van der Waals surface area contributed by atoms with Crippen LogP contribution in [0.4, 0.5) is 10.1 Å². The van der Waals surface area contributed by atoms with E-state index in [-0.39, 0.29) is 10.9 Å². The van der Waals surface area contributed by atoms with Crippen LogP contribution in [0, 0.1) is 5.82 Å². The predicted molar refractivity (Wildman–Crippen MR) is 61.1 cm³/mol. The smallest absolute Gasteiger partial charge is 0.147 e. The predicted octanol–water partition coefficient (Wildman–Crippen LogP) is 1.69. The Morgan fingerprint density at radius 2 is 2.31 bits per heavy atom. The Hall–Kier alpha value is -0.940. The summed E-state index contributed by atoms with van der Waals surface area (Å²) < 4.78 is 30.6. The molecule has 2 atom stereocenters. The van der Waals surface area contributed by atoms with Gasteiger partial charge >= 0.3 is 0 Å². The average molecular weight is 243 g/mol. The monoisotopic (exact) mass is 243 g/mol. The highest BCUT2D eigenvalue weighted by Crippen LogP contribution is 2.21. The molecule has 88 valence electrons. The molecule has 0 aliphatic carbocycles. The summed E-state index contributed by atoms with van der Waals surface area (Å²) in [7, 11) is -1.21. The minimum Gasteiger partial charge on any atom is -0.396 e. The highest BCUT2D eigenvalue weighted by molar-refractivity contribution is 7.85. The molecular formula is C11H14FNO2S. The van der Waals surface area contributed by atoms with Crippen molar-refractivity contribution >= 4 is 16.5 Å². The van der Waals surface area contributed by atoms with Gasteiger partial charge in [-0.15, -0.1) is 0 Å². The molecule has 2 unspecified atom stereocenters. The number of anilines is 1. The second kappa shape index (κ2) is 4.93. The summed E-state index contributed by atoms with van der Waals surface area (Å²) >= 11 is 0. The number of halogens is 1. The highest BCUT2D eigenvalue weighted by atomic mass is 32.2. The molecule has 2 N–H and O–H groups in total. The molecule has 0 bridgehead atoms. The van der Waals surface area contributed by atoms with Crippen molar-refractivity contribution in [3.8, 4) is 0 Å². The molecule has 0 amide bonds. The zero-order valence-corrected chi connectivity index (χ0v) is 9.63. The molecule has 0 spiro atoms. The topological polar surface area (TPSA) is 52.3 Å². The third-order valence-electron chi connectivity index (χ3n) is 2.63. The Morgan fingerprint density at radius 3 is 2.94 bits per heavy atom. The molecule has 16 heavy (non-hydrogen) atoms. The average Bonchev–Trinajstić information content (AvgIpc) is 2.33. The van der Waals surface area contributed by atoms with Gasteiger partial charge in [-0.2, -0.15) is 0 Å². The third kappa shape index (κ3) is 2.41. The first kappa shape index (κ1) is 11.5. The third-order valence-corrected chi connectivity index (χ3v) is 4.32. The van der Waals surface area contributed by atoms with Gasteiger partial charge < -0.3 is 10.5 Å². The van der Waals surface area contributed by atoms with Crippen LogP contribution in [-0.4, -0.2) is 22.7 Å². The second-order valence-corrected chi connectivity index (χ2v) is 5.55. The van der Waals surface area contributed by atoms with E-state index in [0.29, 0.717) is 11.5 Å². The number of hydrogen-bond donors (Lipinski definition) is 1. The summed E-state index contributed by atoms with van der Waals surface area (Å²) in [6, 6.07) is 4.31. The molecule has 0 radical (unpaired) electrons. The van der Waals surface area contributed by atoms with Crippen molar-refractivity contribution in [2.24, 2.45) is 0 Å². The molecule has 1 aliphatic heterocycles. The van der Waals surface area contributed by atoms with Crippen LogP contribution in [0.2, 0.25) is 0 Å². The van der Waals surface area contributed by atoms with E-state index in [1.807, 2.05) is 0 Å². The van der Waals surface area contributed by atoms with E-state index in [2.05, 4.69) is 0 Å². The SMILES string of the molecule is Nc1ccc(S(=O)C2CCCOC2)cc1F. The van der Waals surface area contributed by atoms with Crippen molar-refractivity contribution in [2.45, 2.75) is 23.0 Å². The Morgan fingerprint density at radius 1 is 1.50 bits per heavy atom. The second-order valence-electron chi connectivity index (χ2n) is 3.82. The number of rotatable bonds is 2. The number of nitrogen functional groups attached to an aromatic ring is 1. The minimum absolute atomic E-state index is 0.0308. The van der Waals surface area contributed by atoms with Gasteiger partial charge in [-0.1, -0.05) is 0 Å². The molecule has 1 heterocycles. The molecule has 1 saturated heterocycles. The van der Waals surface area contributed by atoms with Crippen molar-refractivity contribution in [2.75, 3.05) is 18.9 Å².